The Morgan fingerprint density at radius 2 is 1.58 bits per heavy atom. The van der Waals surface area contributed by atoms with E-state index in [2.05, 4.69) is 6.58 Å². The lowest BCUT2D eigenvalue weighted by Crippen LogP contribution is -2.11. The molecule has 0 aliphatic heterocycles. The number of alkyl halides is 3. The minimum atomic E-state index is -2.92. The molecule has 0 aromatic heterocycles. The summed E-state index contributed by atoms with van der Waals surface area (Å²) in [7, 11) is 0. The van der Waals surface area contributed by atoms with E-state index in [0.717, 1.165) is 0 Å². The molecule has 0 spiro atoms. The topological polar surface area (TPSA) is 57.5 Å². The Labute approximate surface area is 67.1 Å². The van der Waals surface area contributed by atoms with Crippen LogP contribution in [-0.4, -0.2) is 29.0 Å². The van der Waals surface area contributed by atoms with Gasteiger partial charge in [0, 0.05) is 0 Å². The van der Waals surface area contributed by atoms with E-state index in [-0.39, 0.29) is 5.57 Å². The maximum Gasteiger partial charge on any atom is 0.503 e. The van der Waals surface area contributed by atoms with Crippen molar-refractivity contribution in [2.75, 3.05) is 0 Å². The van der Waals surface area contributed by atoms with Crippen molar-refractivity contribution >= 4 is 6.16 Å². The number of carboxylic acid groups (broad SMARTS) is 2. The van der Waals surface area contributed by atoms with Crippen LogP contribution in [0.25, 0.3) is 0 Å². The molecule has 0 saturated carbocycles. The Hall–Kier alpha value is -1.20. The Bertz CT molecular complexity index is 154. The number of halogens is 3. The lowest BCUT2D eigenvalue weighted by molar-refractivity contribution is 0.0694. The van der Waals surface area contributed by atoms with Crippen LogP contribution in [0.1, 0.15) is 6.92 Å². The van der Waals surface area contributed by atoms with Gasteiger partial charge in [0.15, 0.2) is 6.17 Å². The van der Waals surface area contributed by atoms with Gasteiger partial charge in [0.1, 0.15) is 0 Å². The third-order valence-electron chi connectivity index (χ3n) is 0.692. The Kier molecular flexibility index (Phi) is 7.26. The van der Waals surface area contributed by atoms with Gasteiger partial charge in [-0.05, 0) is 12.5 Å². The van der Waals surface area contributed by atoms with Crippen molar-refractivity contribution in [1.29, 1.82) is 0 Å². The number of hydrogen-bond acceptors (Lipinski definition) is 1. The molecule has 0 saturated heterocycles. The van der Waals surface area contributed by atoms with Gasteiger partial charge in [0.05, 0.1) is 0 Å². The second kappa shape index (κ2) is 6.51. The maximum absolute atomic E-state index is 11.8. The summed E-state index contributed by atoms with van der Waals surface area (Å²) in [4.78, 5) is 8.56. The molecule has 0 aromatic rings. The van der Waals surface area contributed by atoms with E-state index in [1.807, 2.05) is 0 Å². The first-order valence-electron chi connectivity index (χ1n) is 2.78. The van der Waals surface area contributed by atoms with Crippen LogP contribution < -0.4 is 0 Å². The quantitative estimate of drug-likeness (QED) is 0.651. The van der Waals surface area contributed by atoms with Gasteiger partial charge in [-0.1, -0.05) is 6.58 Å². The zero-order valence-electron chi connectivity index (χ0n) is 6.30. The van der Waals surface area contributed by atoms with Crippen molar-refractivity contribution in [2.45, 2.75) is 19.5 Å². The second-order valence-electron chi connectivity index (χ2n) is 1.87. The molecule has 0 aliphatic carbocycles. The van der Waals surface area contributed by atoms with Crippen LogP contribution in [0.5, 0.6) is 0 Å². The normalized spacial score (nSPS) is 11.4. The summed E-state index contributed by atoms with van der Waals surface area (Å²) in [5.74, 6) is 0. The highest BCUT2D eigenvalue weighted by molar-refractivity contribution is 5.53. The zero-order valence-corrected chi connectivity index (χ0v) is 6.30. The molecule has 72 valence electrons. The molecule has 2 N–H and O–H groups in total. The van der Waals surface area contributed by atoms with Crippen LogP contribution in [0.3, 0.4) is 0 Å². The minimum Gasteiger partial charge on any atom is -0.450 e. The van der Waals surface area contributed by atoms with Gasteiger partial charge in [0.2, 0.25) is 0 Å². The van der Waals surface area contributed by atoms with E-state index in [1.165, 1.54) is 6.92 Å². The number of allylic oxidation sites excluding steroid dienone is 1. The van der Waals surface area contributed by atoms with Crippen LogP contribution in [0.15, 0.2) is 12.2 Å². The molecule has 3 nitrogen and oxygen atoms in total. The largest absolute Gasteiger partial charge is 0.503 e. The monoisotopic (exact) mass is 186 g/mol. The standard InChI is InChI=1S/C5H7F3.CH2O3/c1-3(2)4(6)5(7)8;2-1(3)4/h4-5H,1H2,2H3;(H2,2,3,4). The number of carbonyl (C=O) groups is 1. The fraction of sp³-hybridized carbons (Fsp3) is 0.500. The molecule has 1 atom stereocenters. The van der Waals surface area contributed by atoms with E-state index in [9.17, 15) is 13.2 Å². The summed E-state index contributed by atoms with van der Waals surface area (Å²) in [6.07, 6.45) is -6.91. The van der Waals surface area contributed by atoms with Gasteiger partial charge in [-0.2, -0.15) is 0 Å². The second-order valence-corrected chi connectivity index (χ2v) is 1.87. The highest BCUT2D eigenvalue weighted by Gasteiger charge is 2.18. The highest BCUT2D eigenvalue weighted by atomic mass is 19.3. The SMILES string of the molecule is C=C(C)C(F)C(F)F.O=C(O)O. The van der Waals surface area contributed by atoms with Gasteiger partial charge in [0.25, 0.3) is 6.43 Å². The van der Waals surface area contributed by atoms with E-state index in [0.29, 0.717) is 0 Å². The smallest absolute Gasteiger partial charge is 0.450 e. The Balaban J connectivity index is 0. The average Bonchev–Trinajstić information content (AvgIpc) is 1.84. The molecule has 6 heteroatoms. The van der Waals surface area contributed by atoms with Crippen LogP contribution in [-0.2, 0) is 0 Å². The molecule has 0 bridgehead atoms. The van der Waals surface area contributed by atoms with Crippen molar-refractivity contribution in [3.05, 3.63) is 12.2 Å². The van der Waals surface area contributed by atoms with Gasteiger partial charge < -0.3 is 10.2 Å². The van der Waals surface area contributed by atoms with Crippen LogP contribution >= 0.6 is 0 Å². The molecule has 0 aliphatic rings. The maximum atomic E-state index is 11.8. The Morgan fingerprint density at radius 3 is 1.58 bits per heavy atom. The molecule has 0 heterocycles. The van der Waals surface area contributed by atoms with Crippen molar-refractivity contribution in [1.82, 2.24) is 0 Å². The lowest BCUT2D eigenvalue weighted by Gasteiger charge is -2.03. The highest BCUT2D eigenvalue weighted by Crippen LogP contribution is 2.11. The van der Waals surface area contributed by atoms with Crippen molar-refractivity contribution < 1.29 is 28.2 Å². The summed E-state index contributed by atoms with van der Waals surface area (Å²) in [5.41, 5.74) is -0.125. The number of rotatable bonds is 2. The Morgan fingerprint density at radius 1 is 1.33 bits per heavy atom. The summed E-state index contributed by atoms with van der Waals surface area (Å²) in [6, 6.07) is 0. The van der Waals surface area contributed by atoms with Gasteiger partial charge in [-0.15, -0.1) is 0 Å². The predicted molar refractivity (Wildman–Crippen MR) is 36.4 cm³/mol. The van der Waals surface area contributed by atoms with Gasteiger partial charge in [-0.25, -0.2) is 18.0 Å². The van der Waals surface area contributed by atoms with E-state index >= 15 is 0 Å². The first kappa shape index (κ1) is 13.4. The van der Waals surface area contributed by atoms with Crippen molar-refractivity contribution in [2.24, 2.45) is 0 Å². The minimum absolute atomic E-state index is 0.125. The summed E-state index contributed by atoms with van der Waals surface area (Å²) in [6.45, 7) is 4.25. The van der Waals surface area contributed by atoms with Gasteiger partial charge in [-0.3, -0.25) is 0 Å². The molecule has 0 fully saturated rings. The molecule has 12 heavy (non-hydrogen) atoms. The van der Waals surface area contributed by atoms with Crippen LogP contribution in [0, 0.1) is 0 Å². The molecule has 1 unspecified atom stereocenters. The third-order valence-corrected chi connectivity index (χ3v) is 0.692. The average molecular weight is 186 g/mol. The molecule has 0 aromatic carbocycles. The summed E-state index contributed by atoms with van der Waals surface area (Å²) in [5, 5.41) is 13.9. The van der Waals surface area contributed by atoms with E-state index in [1.54, 1.807) is 0 Å². The first-order valence-corrected chi connectivity index (χ1v) is 2.78. The van der Waals surface area contributed by atoms with Crippen molar-refractivity contribution in [3.8, 4) is 0 Å². The predicted octanol–water partition coefficient (Wildman–Crippen LogP) is 2.39. The molecular weight excluding hydrogens is 177 g/mol. The lowest BCUT2D eigenvalue weighted by atomic mass is 10.2. The third kappa shape index (κ3) is 11.6. The molecule has 0 rings (SSSR count). The van der Waals surface area contributed by atoms with E-state index in [4.69, 9.17) is 15.0 Å². The fourth-order valence-corrected chi connectivity index (χ4v) is 0.215. The number of hydrogen-bond donors (Lipinski definition) is 2. The van der Waals surface area contributed by atoms with Gasteiger partial charge >= 0.3 is 6.16 Å². The zero-order chi connectivity index (χ0) is 10.3. The van der Waals surface area contributed by atoms with E-state index < -0.39 is 18.8 Å². The summed E-state index contributed by atoms with van der Waals surface area (Å²) >= 11 is 0. The van der Waals surface area contributed by atoms with Crippen molar-refractivity contribution in [3.63, 3.8) is 0 Å². The first-order chi connectivity index (χ1) is 5.29. The molecule has 0 radical (unpaired) electrons. The fourth-order valence-electron chi connectivity index (χ4n) is 0.215. The van der Waals surface area contributed by atoms with Crippen LogP contribution in [0.4, 0.5) is 18.0 Å². The molecule has 0 amide bonds. The molecular formula is C6H9F3O3. The summed E-state index contributed by atoms with van der Waals surface area (Å²) < 4.78 is 34.3. The van der Waals surface area contributed by atoms with Crippen LogP contribution in [0.2, 0.25) is 0 Å².